The third-order valence-electron chi connectivity index (χ3n) is 5.53. The van der Waals surface area contributed by atoms with Gasteiger partial charge in [-0.1, -0.05) is 59.0 Å². The van der Waals surface area contributed by atoms with Crippen molar-refractivity contribution in [3.63, 3.8) is 0 Å². The van der Waals surface area contributed by atoms with Crippen LogP contribution in [0.5, 0.6) is 0 Å². The summed E-state index contributed by atoms with van der Waals surface area (Å²) in [5.41, 5.74) is -0.827. The van der Waals surface area contributed by atoms with Gasteiger partial charge in [0.15, 0.2) is 17.0 Å². The van der Waals surface area contributed by atoms with Crippen LogP contribution >= 0.6 is 0 Å². The van der Waals surface area contributed by atoms with Crippen molar-refractivity contribution in [3.05, 3.63) is 39.3 Å². The van der Waals surface area contributed by atoms with Crippen LogP contribution in [-0.4, -0.2) is 24.5 Å². The number of nitrogens with zero attached hydrogens (tertiary/aromatic N) is 4. The van der Waals surface area contributed by atoms with Crippen molar-refractivity contribution >= 4 is 16.9 Å². The molecule has 0 N–H and O–H groups in total. The van der Waals surface area contributed by atoms with Crippen LogP contribution in [0.15, 0.2) is 22.2 Å². The van der Waals surface area contributed by atoms with Gasteiger partial charge in [0.25, 0.3) is 5.56 Å². The Bertz CT molecular complexity index is 1020. The van der Waals surface area contributed by atoms with E-state index in [2.05, 4.69) is 11.6 Å². The predicted molar refractivity (Wildman–Crippen MR) is 121 cm³/mol. The van der Waals surface area contributed by atoms with Crippen molar-refractivity contribution in [2.45, 2.75) is 78.7 Å². The highest BCUT2D eigenvalue weighted by Gasteiger charge is 2.29. The van der Waals surface area contributed by atoms with Crippen molar-refractivity contribution in [1.29, 1.82) is 0 Å². The van der Waals surface area contributed by atoms with Gasteiger partial charge in [-0.2, -0.15) is 0 Å². The van der Waals surface area contributed by atoms with Crippen LogP contribution in [0.4, 0.5) is 0 Å². The third kappa shape index (κ3) is 5.18. The Labute approximate surface area is 178 Å². The number of carbonyl (C=O) groups is 1. The average Bonchev–Trinajstić information content (AvgIpc) is 3.03. The summed E-state index contributed by atoms with van der Waals surface area (Å²) in [5.74, 6) is 0.0477. The van der Waals surface area contributed by atoms with Gasteiger partial charge in [0, 0.05) is 26.1 Å². The molecule has 0 unspecified atom stereocenters. The SMILES string of the molecule is C=CCCCCCCCCCn1c(=O)c2c(nc(C(=O)C(C)(C)C)n2C)n(C)c1=O. The molecule has 0 bridgehead atoms. The van der Waals surface area contributed by atoms with Gasteiger partial charge in [0.2, 0.25) is 5.78 Å². The Morgan fingerprint density at radius 3 is 2.10 bits per heavy atom. The average molecular weight is 417 g/mol. The summed E-state index contributed by atoms with van der Waals surface area (Å²) in [7, 11) is 3.26. The van der Waals surface area contributed by atoms with Gasteiger partial charge in [-0.3, -0.25) is 18.7 Å². The lowest BCUT2D eigenvalue weighted by Gasteiger charge is -2.15. The summed E-state index contributed by atoms with van der Waals surface area (Å²) in [6.07, 6.45) is 10.7. The van der Waals surface area contributed by atoms with Crippen LogP contribution in [0, 0.1) is 5.41 Å². The number of aryl methyl sites for hydroxylation is 2. The molecule has 0 aliphatic rings. The lowest BCUT2D eigenvalue weighted by molar-refractivity contribution is 0.0844. The molecule has 30 heavy (non-hydrogen) atoms. The highest BCUT2D eigenvalue weighted by Crippen LogP contribution is 2.21. The van der Waals surface area contributed by atoms with E-state index in [1.165, 1.54) is 39.4 Å². The Hall–Kier alpha value is -2.44. The fourth-order valence-corrected chi connectivity index (χ4v) is 3.62. The van der Waals surface area contributed by atoms with E-state index >= 15 is 0 Å². The fourth-order valence-electron chi connectivity index (χ4n) is 3.62. The van der Waals surface area contributed by atoms with E-state index in [-0.39, 0.29) is 28.5 Å². The molecule has 0 aliphatic heterocycles. The van der Waals surface area contributed by atoms with Crippen molar-refractivity contribution in [1.82, 2.24) is 18.7 Å². The maximum atomic E-state index is 13.0. The molecule has 0 radical (unpaired) electrons. The van der Waals surface area contributed by atoms with E-state index in [1.54, 1.807) is 14.1 Å². The summed E-state index contributed by atoms with van der Waals surface area (Å²) in [6.45, 7) is 9.55. The van der Waals surface area contributed by atoms with E-state index in [9.17, 15) is 14.4 Å². The van der Waals surface area contributed by atoms with Crippen LogP contribution < -0.4 is 11.2 Å². The van der Waals surface area contributed by atoms with E-state index in [1.807, 2.05) is 26.8 Å². The fraction of sp³-hybridized carbons (Fsp3) is 0.652. The van der Waals surface area contributed by atoms with Crippen molar-refractivity contribution in [2.24, 2.45) is 19.5 Å². The van der Waals surface area contributed by atoms with Crippen LogP contribution in [0.3, 0.4) is 0 Å². The quantitative estimate of drug-likeness (QED) is 0.315. The number of unbranched alkanes of at least 4 members (excludes halogenated alkanes) is 7. The Morgan fingerprint density at radius 1 is 0.967 bits per heavy atom. The molecule has 0 fully saturated rings. The number of Topliss-reactive ketones (excluding diaryl/α,β-unsaturated/α-hetero) is 1. The molecule has 0 spiro atoms. The maximum absolute atomic E-state index is 13.0. The number of hydrogen-bond donors (Lipinski definition) is 0. The third-order valence-corrected chi connectivity index (χ3v) is 5.53. The summed E-state index contributed by atoms with van der Waals surface area (Å²) < 4.78 is 4.18. The highest BCUT2D eigenvalue weighted by molar-refractivity contribution is 5.99. The molecule has 0 aromatic carbocycles. The molecular formula is C23H36N4O3. The lowest BCUT2D eigenvalue weighted by atomic mass is 9.90. The molecule has 0 aliphatic carbocycles. The highest BCUT2D eigenvalue weighted by atomic mass is 16.2. The second kappa shape index (κ2) is 10.0. The van der Waals surface area contributed by atoms with E-state index in [0.29, 0.717) is 12.1 Å². The van der Waals surface area contributed by atoms with Crippen LogP contribution in [-0.2, 0) is 20.6 Å². The first-order valence-electron chi connectivity index (χ1n) is 10.9. The number of rotatable bonds is 11. The number of carbonyl (C=O) groups excluding carboxylic acids is 1. The monoisotopic (exact) mass is 416 g/mol. The van der Waals surface area contributed by atoms with Crippen molar-refractivity contribution < 1.29 is 4.79 Å². The first kappa shape index (κ1) is 23.8. The van der Waals surface area contributed by atoms with Crippen LogP contribution in [0.2, 0.25) is 0 Å². The zero-order valence-corrected chi connectivity index (χ0v) is 19.2. The number of aromatic nitrogens is 4. The zero-order chi connectivity index (χ0) is 22.5. The number of allylic oxidation sites excluding steroid dienone is 1. The van der Waals surface area contributed by atoms with Crippen LogP contribution in [0.25, 0.3) is 11.2 Å². The molecule has 2 heterocycles. The van der Waals surface area contributed by atoms with Gasteiger partial charge in [0.1, 0.15) is 0 Å². The van der Waals surface area contributed by atoms with Crippen molar-refractivity contribution in [2.75, 3.05) is 0 Å². The minimum absolute atomic E-state index is 0.160. The van der Waals surface area contributed by atoms with E-state index < -0.39 is 5.41 Å². The molecule has 2 aromatic rings. The van der Waals surface area contributed by atoms with Gasteiger partial charge < -0.3 is 4.57 Å². The molecule has 0 amide bonds. The smallest absolute Gasteiger partial charge is 0.319 e. The van der Waals surface area contributed by atoms with Crippen molar-refractivity contribution in [3.8, 4) is 0 Å². The van der Waals surface area contributed by atoms with Gasteiger partial charge >= 0.3 is 5.69 Å². The number of fused-ring (bicyclic) bond motifs is 1. The Kier molecular flexibility index (Phi) is 7.98. The molecule has 7 heteroatoms. The maximum Gasteiger partial charge on any atom is 0.332 e. The minimum Gasteiger partial charge on any atom is -0.319 e. The van der Waals surface area contributed by atoms with Gasteiger partial charge in [-0.25, -0.2) is 9.78 Å². The summed E-state index contributed by atoms with van der Waals surface area (Å²) in [5, 5.41) is 0. The second-order valence-corrected chi connectivity index (χ2v) is 9.10. The number of ketones is 1. The molecule has 2 aromatic heterocycles. The molecule has 0 atom stereocenters. The topological polar surface area (TPSA) is 78.9 Å². The van der Waals surface area contributed by atoms with Gasteiger partial charge in [0.05, 0.1) is 0 Å². The molecule has 0 saturated heterocycles. The molecular weight excluding hydrogens is 380 g/mol. The van der Waals surface area contributed by atoms with E-state index in [4.69, 9.17) is 0 Å². The largest absolute Gasteiger partial charge is 0.332 e. The minimum atomic E-state index is -0.626. The standard InChI is InChI=1S/C23H36N4O3/c1-7-8-9-10-11-12-13-14-15-16-27-21(29)17-19(26(6)22(27)30)24-20(25(17)5)18(28)23(2,3)4/h7H,1,8-16H2,2-6H3. The van der Waals surface area contributed by atoms with E-state index in [0.717, 1.165) is 25.7 Å². The molecule has 2 rings (SSSR count). The lowest BCUT2D eigenvalue weighted by Crippen LogP contribution is -2.39. The molecule has 166 valence electrons. The Balaban J connectivity index is 2.15. The molecule has 7 nitrogen and oxygen atoms in total. The van der Waals surface area contributed by atoms with Crippen LogP contribution in [0.1, 0.15) is 82.8 Å². The summed E-state index contributed by atoms with van der Waals surface area (Å²) >= 11 is 0. The Morgan fingerprint density at radius 2 is 1.53 bits per heavy atom. The number of hydrogen-bond acceptors (Lipinski definition) is 4. The predicted octanol–water partition coefficient (Wildman–Crippen LogP) is 3.97. The first-order valence-corrected chi connectivity index (χ1v) is 10.9. The van der Waals surface area contributed by atoms with Gasteiger partial charge in [-0.05, 0) is 19.3 Å². The normalized spacial score (nSPS) is 11.9. The zero-order valence-electron chi connectivity index (χ0n) is 19.2. The summed E-state index contributed by atoms with van der Waals surface area (Å²) in [4.78, 5) is 42.9. The summed E-state index contributed by atoms with van der Waals surface area (Å²) in [6, 6.07) is 0. The first-order chi connectivity index (χ1) is 14.1. The number of imidazole rings is 1. The van der Waals surface area contributed by atoms with Gasteiger partial charge in [-0.15, -0.1) is 6.58 Å². The molecule has 0 saturated carbocycles. The second-order valence-electron chi connectivity index (χ2n) is 9.10.